The first-order valence-electron chi connectivity index (χ1n) is 5.55. The van der Waals surface area contributed by atoms with Crippen molar-refractivity contribution in [2.24, 2.45) is 0 Å². The molecule has 1 amide bonds. The van der Waals surface area contributed by atoms with Gasteiger partial charge in [0.05, 0.1) is 22.2 Å². The molecule has 0 radical (unpaired) electrons. The number of benzene rings is 1. The molecule has 1 fully saturated rings. The number of hydrogen-bond donors (Lipinski definition) is 3. The van der Waals surface area contributed by atoms with Crippen molar-refractivity contribution in [2.45, 2.75) is 24.8 Å². The van der Waals surface area contributed by atoms with E-state index in [1.165, 1.54) is 0 Å². The standard InChI is InChI=1S/C12H15BrN2O2/c13-10-8(3-1-4-9(10)14)11(17)15-12(7-16)5-2-6-12/h1,3-4,16H,2,5-7,14H2,(H,15,17). The van der Waals surface area contributed by atoms with Crippen LogP contribution in [0.3, 0.4) is 0 Å². The van der Waals surface area contributed by atoms with Gasteiger partial charge in [-0.05, 0) is 47.3 Å². The topological polar surface area (TPSA) is 75.4 Å². The minimum Gasteiger partial charge on any atom is -0.398 e. The number of halogens is 1. The Balaban J connectivity index is 2.17. The molecule has 4 nitrogen and oxygen atoms in total. The molecule has 5 heteroatoms. The van der Waals surface area contributed by atoms with Crippen LogP contribution in [0.25, 0.3) is 0 Å². The Morgan fingerprint density at radius 3 is 2.76 bits per heavy atom. The van der Waals surface area contributed by atoms with E-state index in [4.69, 9.17) is 5.73 Å². The van der Waals surface area contributed by atoms with E-state index in [-0.39, 0.29) is 12.5 Å². The number of carbonyl (C=O) groups excluding carboxylic acids is 1. The molecule has 4 N–H and O–H groups in total. The van der Waals surface area contributed by atoms with Crippen LogP contribution in [0.5, 0.6) is 0 Å². The summed E-state index contributed by atoms with van der Waals surface area (Å²) in [5, 5.41) is 12.2. The number of amides is 1. The van der Waals surface area contributed by atoms with Crippen molar-refractivity contribution in [1.82, 2.24) is 5.32 Å². The molecule has 2 rings (SSSR count). The summed E-state index contributed by atoms with van der Waals surface area (Å²) >= 11 is 3.30. The highest BCUT2D eigenvalue weighted by Gasteiger charge is 2.38. The zero-order chi connectivity index (χ0) is 12.5. The predicted octanol–water partition coefficient (Wildman–Crippen LogP) is 1.68. The molecule has 0 saturated heterocycles. The first-order chi connectivity index (χ1) is 8.08. The fourth-order valence-corrected chi connectivity index (χ4v) is 2.40. The molecule has 0 bridgehead atoms. The Hall–Kier alpha value is -1.07. The molecule has 1 aromatic rings. The Morgan fingerprint density at radius 2 is 2.24 bits per heavy atom. The zero-order valence-corrected chi connectivity index (χ0v) is 11.0. The summed E-state index contributed by atoms with van der Waals surface area (Å²) in [5.74, 6) is -0.196. The van der Waals surface area contributed by atoms with E-state index in [1.807, 2.05) is 0 Å². The van der Waals surface area contributed by atoms with Crippen LogP contribution in [-0.2, 0) is 0 Å². The fraction of sp³-hybridized carbons (Fsp3) is 0.417. The minimum absolute atomic E-state index is 0.0152. The number of aliphatic hydroxyl groups is 1. The second-order valence-electron chi connectivity index (χ2n) is 4.45. The summed E-state index contributed by atoms with van der Waals surface area (Å²) in [4.78, 5) is 12.1. The number of rotatable bonds is 3. The van der Waals surface area contributed by atoms with Crippen LogP contribution in [0.2, 0.25) is 0 Å². The van der Waals surface area contributed by atoms with Gasteiger partial charge in [-0.3, -0.25) is 4.79 Å². The van der Waals surface area contributed by atoms with Crippen molar-refractivity contribution in [3.8, 4) is 0 Å². The lowest BCUT2D eigenvalue weighted by Crippen LogP contribution is -2.56. The molecule has 0 aliphatic heterocycles. The predicted molar refractivity (Wildman–Crippen MR) is 69.7 cm³/mol. The number of hydrogen-bond acceptors (Lipinski definition) is 3. The second kappa shape index (κ2) is 4.66. The number of nitrogen functional groups attached to an aromatic ring is 1. The Bertz CT molecular complexity index is 439. The lowest BCUT2D eigenvalue weighted by molar-refractivity contribution is 0.0641. The Labute approximate surface area is 108 Å². The molecule has 92 valence electrons. The van der Waals surface area contributed by atoms with Crippen LogP contribution in [0.4, 0.5) is 5.69 Å². The number of nitrogens with one attached hydrogen (secondary N) is 1. The van der Waals surface area contributed by atoms with E-state index >= 15 is 0 Å². The highest BCUT2D eigenvalue weighted by Crippen LogP contribution is 2.32. The van der Waals surface area contributed by atoms with Crippen molar-refractivity contribution in [3.63, 3.8) is 0 Å². The van der Waals surface area contributed by atoms with Gasteiger partial charge in [0.1, 0.15) is 0 Å². The fourth-order valence-electron chi connectivity index (χ4n) is 1.96. The summed E-state index contributed by atoms with van der Waals surface area (Å²) in [5.41, 5.74) is 6.33. The van der Waals surface area contributed by atoms with Crippen molar-refractivity contribution in [1.29, 1.82) is 0 Å². The van der Waals surface area contributed by atoms with E-state index in [0.29, 0.717) is 15.7 Å². The highest BCUT2D eigenvalue weighted by molar-refractivity contribution is 9.10. The van der Waals surface area contributed by atoms with Crippen LogP contribution >= 0.6 is 15.9 Å². The third-order valence-corrected chi connectivity index (χ3v) is 4.15. The van der Waals surface area contributed by atoms with Gasteiger partial charge >= 0.3 is 0 Å². The third-order valence-electron chi connectivity index (χ3n) is 3.27. The smallest absolute Gasteiger partial charge is 0.253 e. The van der Waals surface area contributed by atoms with Gasteiger partial charge in [-0.1, -0.05) is 6.07 Å². The van der Waals surface area contributed by atoms with Gasteiger partial charge in [-0.2, -0.15) is 0 Å². The number of anilines is 1. The number of nitrogens with two attached hydrogens (primary N) is 1. The summed E-state index contributed by atoms with van der Waals surface area (Å²) in [6, 6.07) is 5.17. The molecule has 0 heterocycles. The van der Waals surface area contributed by atoms with Crippen LogP contribution < -0.4 is 11.1 Å². The maximum Gasteiger partial charge on any atom is 0.253 e. The van der Waals surface area contributed by atoms with Gasteiger partial charge in [0.2, 0.25) is 0 Å². The zero-order valence-electron chi connectivity index (χ0n) is 9.37. The Morgan fingerprint density at radius 1 is 1.53 bits per heavy atom. The van der Waals surface area contributed by atoms with Gasteiger partial charge in [-0.15, -0.1) is 0 Å². The second-order valence-corrected chi connectivity index (χ2v) is 5.25. The van der Waals surface area contributed by atoms with E-state index in [0.717, 1.165) is 19.3 Å². The normalized spacial score (nSPS) is 17.3. The summed E-state index contributed by atoms with van der Waals surface area (Å²) in [7, 11) is 0. The SMILES string of the molecule is Nc1cccc(C(=O)NC2(CO)CCC2)c1Br. The molecule has 0 aromatic heterocycles. The molecular weight excluding hydrogens is 284 g/mol. The Kier molecular flexibility index (Phi) is 3.40. The van der Waals surface area contributed by atoms with Gasteiger partial charge in [0.15, 0.2) is 0 Å². The number of aliphatic hydroxyl groups excluding tert-OH is 1. The lowest BCUT2D eigenvalue weighted by atomic mass is 9.77. The lowest BCUT2D eigenvalue weighted by Gasteiger charge is -2.41. The maximum absolute atomic E-state index is 12.1. The van der Waals surface area contributed by atoms with Crippen molar-refractivity contribution >= 4 is 27.5 Å². The van der Waals surface area contributed by atoms with E-state index in [9.17, 15) is 9.90 Å². The first kappa shape index (κ1) is 12.4. The highest BCUT2D eigenvalue weighted by atomic mass is 79.9. The minimum atomic E-state index is -0.429. The molecule has 0 unspecified atom stereocenters. The monoisotopic (exact) mass is 298 g/mol. The molecule has 1 saturated carbocycles. The first-order valence-corrected chi connectivity index (χ1v) is 6.35. The molecular formula is C12H15BrN2O2. The van der Waals surface area contributed by atoms with Gasteiger partial charge in [-0.25, -0.2) is 0 Å². The molecule has 1 aliphatic rings. The van der Waals surface area contributed by atoms with E-state index in [2.05, 4.69) is 21.2 Å². The van der Waals surface area contributed by atoms with Gasteiger partial charge < -0.3 is 16.2 Å². The number of carbonyl (C=O) groups is 1. The summed E-state index contributed by atoms with van der Waals surface area (Å²) < 4.78 is 0.602. The van der Waals surface area contributed by atoms with E-state index < -0.39 is 5.54 Å². The maximum atomic E-state index is 12.1. The van der Waals surface area contributed by atoms with Gasteiger partial charge in [0.25, 0.3) is 5.91 Å². The van der Waals surface area contributed by atoms with Crippen LogP contribution in [0.1, 0.15) is 29.6 Å². The molecule has 0 atom stereocenters. The molecule has 17 heavy (non-hydrogen) atoms. The van der Waals surface area contributed by atoms with Crippen LogP contribution in [0.15, 0.2) is 22.7 Å². The van der Waals surface area contributed by atoms with Crippen molar-refractivity contribution in [2.75, 3.05) is 12.3 Å². The van der Waals surface area contributed by atoms with Crippen LogP contribution in [-0.4, -0.2) is 23.2 Å². The average molecular weight is 299 g/mol. The quantitative estimate of drug-likeness (QED) is 0.743. The van der Waals surface area contributed by atoms with Crippen molar-refractivity contribution < 1.29 is 9.90 Å². The van der Waals surface area contributed by atoms with Crippen molar-refractivity contribution in [3.05, 3.63) is 28.2 Å². The molecule has 0 spiro atoms. The average Bonchev–Trinajstić information content (AvgIpc) is 2.27. The molecule has 1 aliphatic carbocycles. The van der Waals surface area contributed by atoms with Gasteiger partial charge in [0, 0.05) is 5.69 Å². The largest absolute Gasteiger partial charge is 0.398 e. The summed E-state index contributed by atoms with van der Waals surface area (Å²) in [6.07, 6.45) is 2.70. The molecule has 1 aromatic carbocycles. The van der Waals surface area contributed by atoms with Crippen LogP contribution in [0, 0.1) is 0 Å². The third kappa shape index (κ3) is 2.30. The summed E-state index contributed by atoms with van der Waals surface area (Å²) in [6.45, 7) is -0.0152. The van der Waals surface area contributed by atoms with E-state index in [1.54, 1.807) is 18.2 Å².